The van der Waals surface area contributed by atoms with Gasteiger partial charge in [-0.15, -0.1) is 0 Å². The molecular formula is C13H14N2O. The van der Waals surface area contributed by atoms with Crippen molar-refractivity contribution < 1.29 is 5.11 Å². The number of rotatable bonds is 2. The summed E-state index contributed by atoms with van der Waals surface area (Å²) in [6.45, 7) is 0. The highest BCUT2D eigenvalue weighted by molar-refractivity contribution is 5.76. The summed E-state index contributed by atoms with van der Waals surface area (Å²) in [4.78, 5) is 7.96. The first-order valence-electron chi connectivity index (χ1n) is 5.97. The molecular weight excluding hydrogens is 200 g/mol. The summed E-state index contributed by atoms with van der Waals surface area (Å²) in [5.41, 5.74) is 2.58. The van der Waals surface area contributed by atoms with Crippen molar-refractivity contribution in [2.45, 2.75) is 37.2 Å². The van der Waals surface area contributed by atoms with Gasteiger partial charge in [-0.3, -0.25) is 0 Å². The largest absolute Gasteiger partial charge is 0.385 e. The van der Waals surface area contributed by atoms with Crippen molar-refractivity contribution in [1.29, 1.82) is 0 Å². The summed E-state index contributed by atoms with van der Waals surface area (Å²) in [6, 6.07) is 6.08. The van der Waals surface area contributed by atoms with E-state index in [1.54, 1.807) is 0 Å². The molecule has 1 aromatic heterocycles. The van der Waals surface area contributed by atoms with Crippen LogP contribution in [0.5, 0.6) is 0 Å². The lowest BCUT2D eigenvalue weighted by atomic mass is 10.1. The molecule has 3 heteroatoms. The number of nitrogens with one attached hydrogen (secondary N) is 1. The summed E-state index contributed by atoms with van der Waals surface area (Å²) in [7, 11) is 0. The van der Waals surface area contributed by atoms with Gasteiger partial charge in [0.05, 0.1) is 16.6 Å². The Bertz CT molecular complexity index is 564. The van der Waals surface area contributed by atoms with Crippen LogP contribution < -0.4 is 0 Å². The van der Waals surface area contributed by atoms with Crippen LogP contribution >= 0.6 is 0 Å². The molecule has 0 atom stereocenters. The van der Waals surface area contributed by atoms with E-state index in [1.165, 1.54) is 12.8 Å². The lowest BCUT2D eigenvalue weighted by molar-refractivity contribution is 0.151. The van der Waals surface area contributed by atoms with E-state index in [0.717, 1.165) is 35.3 Å². The third kappa shape index (κ3) is 1.21. The lowest BCUT2D eigenvalue weighted by Gasteiger charge is -2.06. The lowest BCUT2D eigenvalue weighted by Crippen LogP contribution is -2.03. The molecule has 0 saturated heterocycles. The van der Waals surface area contributed by atoms with Crippen LogP contribution in [0.15, 0.2) is 18.2 Å². The van der Waals surface area contributed by atoms with Gasteiger partial charge in [0, 0.05) is 5.92 Å². The number of aromatic amines is 1. The zero-order valence-corrected chi connectivity index (χ0v) is 9.03. The first kappa shape index (κ1) is 8.76. The van der Waals surface area contributed by atoms with Crippen LogP contribution in [-0.4, -0.2) is 15.1 Å². The Morgan fingerprint density at radius 1 is 1.31 bits per heavy atom. The van der Waals surface area contributed by atoms with Crippen molar-refractivity contribution in [3.63, 3.8) is 0 Å². The van der Waals surface area contributed by atoms with Crippen LogP contribution in [-0.2, 0) is 5.60 Å². The molecule has 2 aliphatic rings. The molecule has 3 nitrogen and oxygen atoms in total. The normalized spacial score (nSPS) is 22.6. The summed E-state index contributed by atoms with van der Waals surface area (Å²) < 4.78 is 0. The van der Waals surface area contributed by atoms with E-state index in [4.69, 9.17) is 0 Å². The van der Waals surface area contributed by atoms with Gasteiger partial charge >= 0.3 is 0 Å². The van der Waals surface area contributed by atoms with Crippen molar-refractivity contribution in [3.8, 4) is 0 Å². The molecule has 0 spiro atoms. The second-order valence-corrected chi connectivity index (χ2v) is 5.16. The van der Waals surface area contributed by atoms with E-state index in [0.29, 0.717) is 5.92 Å². The maximum absolute atomic E-state index is 10.1. The van der Waals surface area contributed by atoms with Crippen molar-refractivity contribution in [2.75, 3.05) is 0 Å². The maximum atomic E-state index is 10.1. The van der Waals surface area contributed by atoms with Gasteiger partial charge in [-0.1, -0.05) is 6.07 Å². The highest BCUT2D eigenvalue weighted by Gasteiger charge is 2.42. The van der Waals surface area contributed by atoms with Crippen molar-refractivity contribution >= 4 is 11.0 Å². The molecule has 0 amide bonds. The van der Waals surface area contributed by atoms with Gasteiger partial charge in [0.25, 0.3) is 0 Å². The van der Waals surface area contributed by atoms with Gasteiger partial charge in [0.1, 0.15) is 5.82 Å². The van der Waals surface area contributed by atoms with E-state index in [1.807, 2.05) is 12.1 Å². The second-order valence-electron chi connectivity index (χ2n) is 5.16. The smallest absolute Gasteiger partial charge is 0.110 e. The summed E-state index contributed by atoms with van der Waals surface area (Å²) >= 11 is 0. The van der Waals surface area contributed by atoms with Crippen LogP contribution in [0.25, 0.3) is 11.0 Å². The monoisotopic (exact) mass is 214 g/mol. The molecule has 1 aromatic carbocycles. The van der Waals surface area contributed by atoms with Crippen molar-refractivity contribution in [3.05, 3.63) is 29.6 Å². The number of hydrogen-bond donors (Lipinski definition) is 2. The van der Waals surface area contributed by atoms with Crippen LogP contribution in [0.4, 0.5) is 0 Å². The summed E-state index contributed by atoms with van der Waals surface area (Å²) in [5, 5.41) is 10.1. The molecule has 2 saturated carbocycles. The van der Waals surface area contributed by atoms with Gasteiger partial charge < -0.3 is 10.1 Å². The number of fused-ring (bicyclic) bond motifs is 1. The van der Waals surface area contributed by atoms with Gasteiger partial charge in [-0.25, -0.2) is 4.98 Å². The number of hydrogen-bond acceptors (Lipinski definition) is 2. The maximum Gasteiger partial charge on any atom is 0.110 e. The molecule has 0 unspecified atom stereocenters. The summed E-state index contributed by atoms with van der Waals surface area (Å²) in [5.74, 6) is 1.77. The van der Waals surface area contributed by atoms with Crippen LogP contribution in [0.1, 0.15) is 43.0 Å². The molecule has 0 bridgehead atoms. The third-order valence-corrected chi connectivity index (χ3v) is 3.73. The Morgan fingerprint density at radius 2 is 2.12 bits per heavy atom. The molecule has 2 fully saturated rings. The Labute approximate surface area is 93.5 Å². The predicted octanol–water partition coefficient (Wildman–Crippen LogP) is 2.42. The van der Waals surface area contributed by atoms with Gasteiger partial charge in [-0.2, -0.15) is 0 Å². The topological polar surface area (TPSA) is 48.9 Å². The van der Waals surface area contributed by atoms with E-state index >= 15 is 0 Å². The van der Waals surface area contributed by atoms with Crippen LogP contribution in [0, 0.1) is 0 Å². The molecule has 0 aliphatic heterocycles. The average Bonchev–Trinajstić information content (AvgIpc) is 3.19. The fourth-order valence-corrected chi connectivity index (χ4v) is 2.28. The Balaban J connectivity index is 1.84. The van der Waals surface area contributed by atoms with Gasteiger partial charge in [0.2, 0.25) is 0 Å². The minimum absolute atomic E-state index is 0.543. The average molecular weight is 214 g/mol. The Hall–Kier alpha value is -1.35. The molecule has 2 aliphatic carbocycles. The number of H-pyrrole nitrogens is 1. The minimum atomic E-state index is -0.543. The third-order valence-electron chi connectivity index (χ3n) is 3.73. The van der Waals surface area contributed by atoms with Crippen LogP contribution in [0.2, 0.25) is 0 Å². The molecule has 2 N–H and O–H groups in total. The van der Waals surface area contributed by atoms with E-state index in [9.17, 15) is 5.11 Å². The number of benzene rings is 1. The number of nitrogens with zero attached hydrogens (tertiary/aromatic N) is 1. The fourth-order valence-electron chi connectivity index (χ4n) is 2.28. The van der Waals surface area contributed by atoms with Gasteiger partial charge in [-0.05, 0) is 43.4 Å². The first-order valence-corrected chi connectivity index (χ1v) is 5.97. The number of imidazole rings is 1. The van der Waals surface area contributed by atoms with Crippen LogP contribution in [0.3, 0.4) is 0 Å². The van der Waals surface area contributed by atoms with Gasteiger partial charge in [0.15, 0.2) is 0 Å². The first-order chi connectivity index (χ1) is 7.74. The Morgan fingerprint density at radius 3 is 2.81 bits per heavy atom. The zero-order valence-electron chi connectivity index (χ0n) is 9.03. The standard InChI is InChI=1S/C13H14N2O/c16-13(5-6-13)9-3-4-10-11(7-9)15-12(14-10)8-1-2-8/h3-4,7-8,16H,1-2,5-6H2,(H,14,15). The molecule has 2 aromatic rings. The molecule has 16 heavy (non-hydrogen) atoms. The fraction of sp³-hybridized carbons (Fsp3) is 0.462. The highest BCUT2D eigenvalue weighted by Crippen LogP contribution is 2.46. The molecule has 82 valence electrons. The minimum Gasteiger partial charge on any atom is -0.385 e. The predicted molar refractivity (Wildman–Crippen MR) is 61.2 cm³/mol. The van der Waals surface area contributed by atoms with Crippen molar-refractivity contribution in [2.24, 2.45) is 0 Å². The van der Waals surface area contributed by atoms with Crippen molar-refractivity contribution in [1.82, 2.24) is 9.97 Å². The molecule has 0 radical (unpaired) electrons. The second kappa shape index (κ2) is 2.66. The van der Waals surface area contributed by atoms with E-state index in [2.05, 4.69) is 16.0 Å². The number of aliphatic hydroxyl groups is 1. The van der Waals surface area contributed by atoms with E-state index < -0.39 is 5.60 Å². The highest BCUT2D eigenvalue weighted by atomic mass is 16.3. The molecule has 1 heterocycles. The Kier molecular flexibility index (Phi) is 1.46. The SMILES string of the molecule is OC1(c2ccc3nc(C4CC4)[nH]c3c2)CC1. The quantitative estimate of drug-likeness (QED) is 0.806. The zero-order chi connectivity index (χ0) is 10.8. The number of aromatic nitrogens is 2. The summed E-state index contributed by atoms with van der Waals surface area (Å²) in [6.07, 6.45) is 4.30. The van der Waals surface area contributed by atoms with E-state index in [-0.39, 0.29) is 0 Å². The molecule has 4 rings (SSSR count).